The summed E-state index contributed by atoms with van der Waals surface area (Å²) in [4.78, 5) is 11.1. The Hall–Kier alpha value is -0.400. The van der Waals surface area contributed by atoms with Crippen molar-refractivity contribution in [2.45, 2.75) is 26.2 Å². The first-order valence-corrected chi connectivity index (χ1v) is 6.84. The molecule has 90 valence electrons. The third kappa shape index (κ3) is 5.09. The van der Waals surface area contributed by atoms with E-state index in [0.717, 1.165) is 30.7 Å². The minimum Gasteiger partial charge on any atom is -0.478 e. The van der Waals surface area contributed by atoms with Gasteiger partial charge in [-0.1, -0.05) is 50.1 Å². The van der Waals surface area contributed by atoms with Crippen molar-refractivity contribution in [1.29, 1.82) is 0 Å². The standard InChI is InChI=1S/C12H17O2P.BrH/c1-2-3-7-10-15(12(13)14)11-8-5-4-6-9-11;/h4-6,8-9H,2-3,7,10H2,1H3,(H,13,14);1H. The summed E-state index contributed by atoms with van der Waals surface area (Å²) in [5.41, 5.74) is -0.646. The van der Waals surface area contributed by atoms with Gasteiger partial charge in [-0.2, -0.15) is 0 Å². The van der Waals surface area contributed by atoms with E-state index in [1.54, 1.807) is 0 Å². The average Bonchev–Trinajstić information content (AvgIpc) is 2.25. The van der Waals surface area contributed by atoms with Crippen LogP contribution in [0.25, 0.3) is 0 Å². The molecule has 1 atom stereocenters. The van der Waals surface area contributed by atoms with Gasteiger partial charge in [0.2, 0.25) is 0 Å². The number of hydrogen-bond donors (Lipinski definition) is 1. The second-order valence-electron chi connectivity index (χ2n) is 3.48. The van der Waals surface area contributed by atoms with Crippen LogP contribution in [0.5, 0.6) is 0 Å². The minimum absolute atomic E-state index is 0. The summed E-state index contributed by atoms with van der Waals surface area (Å²) < 4.78 is 0. The molecule has 1 unspecified atom stereocenters. The summed E-state index contributed by atoms with van der Waals surface area (Å²) in [7, 11) is -1.01. The monoisotopic (exact) mass is 304 g/mol. The number of carboxylic acid groups (broad SMARTS) is 1. The quantitative estimate of drug-likeness (QED) is 0.630. The molecule has 0 saturated carbocycles. The van der Waals surface area contributed by atoms with Crippen LogP contribution in [-0.2, 0) is 0 Å². The van der Waals surface area contributed by atoms with Gasteiger partial charge in [-0.15, -0.1) is 17.0 Å². The van der Waals surface area contributed by atoms with Crippen molar-refractivity contribution in [2.24, 2.45) is 0 Å². The number of halogens is 1. The fourth-order valence-electron chi connectivity index (χ4n) is 1.46. The average molecular weight is 305 g/mol. The van der Waals surface area contributed by atoms with Crippen LogP contribution >= 0.6 is 24.9 Å². The second kappa shape index (κ2) is 8.72. The molecule has 16 heavy (non-hydrogen) atoms. The Morgan fingerprint density at radius 2 is 1.88 bits per heavy atom. The first kappa shape index (κ1) is 15.6. The summed E-state index contributed by atoms with van der Waals surface area (Å²) in [5.74, 6) is 0. The van der Waals surface area contributed by atoms with Crippen LogP contribution < -0.4 is 5.30 Å². The zero-order valence-corrected chi connectivity index (χ0v) is 12.0. The van der Waals surface area contributed by atoms with Gasteiger partial charge in [-0.3, -0.25) is 0 Å². The molecule has 0 radical (unpaired) electrons. The van der Waals surface area contributed by atoms with Crippen LogP contribution in [0.15, 0.2) is 30.3 Å². The first-order valence-electron chi connectivity index (χ1n) is 5.31. The van der Waals surface area contributed by atoms with E-state index in [-0.39, 0.29) is 17.0 Å². The summed E-state index contributed by atoms with van der Waals surface area (Å²) in [6.45, 7) is 2.13. The summed E-state index contributed by atoms with van der Waals surface area (Å²) >= 11 is 0. The largest absolute Gasteiger partial charge is 0.478 e. The lowest BCUT2D eigenvalue weighted by Gasteiger charge is -2.12. The molecule has 0 heterocycles. The molecule has 0 aliphatic heterocycles. The van der Waals surface area contributed by atoms with Crippen molar-refractivity contribution >= 4 is 35.9 Å². The maximum Gasteiger partial charge on any atom is 0.328 e. The Balaban J connectivity index is 0.00000225. The maximum absolute atomic E-state index is 11.1. The van der Waals surface area contributed by atoms with Crippen LogP contribution in [0.1, 0.15) is 26.2 Å². The Morgan fingerprint density at radius 1 is 1.25 bits per heavy atom. The van der Waals surface area contributed by atoms with E-state index in [9.17, 15) is 4.79 Å². The highest BCUT2D eigenvalue weighted by atomic mass is 79.9. The fourth-order valence-corrected chi connectivity index (χ4v) is 3.21. The van der Waals surface area contributed by atoms with Crippen LogP contribution in [0.2, 0.25) is 0 Å². The van der Waals surface area contributed by atoms with Crippen LogP contribution in [0.4, 0.5) is 4.79 Å². The van der Waals surface area contributed by atoms with Gasteiger partial charge in [-0.25, -0.2) is 4.79 Å². The predicted molar refractivity (Wildman–Crippen MR) is 75.7 cm³/mol. The highest BCUT2D eigenvalue weighted by Crippen LogP contribution is 2.36. The van der Waals surface area contributed by atoms with E-state index in [2.05, 4.69) is 6.92 Å². The molecule has 1 N–H and O–H groups in total. The molecule has 2 nitrogen and oxygen atoms in total. The normalized spacial score (nSPS) is 11.6. The molecular formula is C12H18BrO2P. The predicted octanol–water partition coefficient (Wildman–Crippen LogP) is 4.24. The van der Waals surface area contributed by atoms with Gasteiger partial charge in [0.15, 0.2) is 0 Å². The summed E-state index contributed by atoms with van der Waals surface area (Å²) in [5, 5.41) is 10.1. The summed E-state index contributed by atoms with van der Waals surface area (Å²) in [6, 6.07) is 9.59. The fraction of sp³-hybridized carbons (Fsp3) is 0.417. The molecule has 0 bridgehead atoms. The van der Waals surface area contributed by atoms with Gasteiger partial charge in [0.25, 0.3) is 0 Å². The molecule has 0 spiro atoms. The number of unbranched alkanes of at least 4 members (excludes halogenated alkanes) is 2. The summed E-state index contributed by atoms with van der Waals surface area (Å²) in [6.07, 6.45) is 4.09. The Labute approximate surface area is 109 Å². The molecule has 1 rings (SSSR count). The minimum atomic E-state index is -1.01. The van der Waals surface area contributed by atoms with Gasteiger partial charge in [0.05, 0.1) is 0 Å². The highest BCUT2D eigenvalue weighted by Gasteiger charge is 2.17. The van der Waals surface area contributed by atoms with E-state index in [1.807, 2.05) is 30.3 Å². The first-order chi connectivity index (χ1) is 7.25. The second-order valence-corrected chi connectivity index (χ2v) is 5.68. The van der Waals surface area contributed by atoms with Gasteiger partial charge >= 0.3 is 5.71 Å². The molecule has 0 aliphatic rings. The van der Waals surface area contributed by atoms with Gasteiger partial charge < -0.3 is 5.11 Å². The van der Waals surface area contributed by atoms with Crippen molar-refractivity contribution in [2.75, 3.05) is 6.16 Å². The van der Waals surface area contributed by atoms with Crippen molar-refractivity contribution < 1.29 is 9.90 Å². The van der Waals surface area contributed by atoms with Gasteiger partial charge in [0, 0.05) is 7.92 Å². The van der Waals surface area contributed by atoms with Crippen molar-refractivity contribution in [3.63, 3.8) is 0 Å². The SMILES string of the molecule is Br.CCCCCP(C(=O)O)c1ccccc1. The molecule has 0 aliphatic carbocycles. The van der Waals surface area contributed by atoms with Crippen molar-refractivity contribution in [3.05, 3.63) is 30.3 Å². The molecule has 0 aromatic heterocycles. The lowest BCUT2D eigenvalue weighted by atomic mass is 10.3. The molecule has 4 heteroatoms. The van der Waals surface area contributed by atoms with Gasteiger partial charge in [-0.05, 0) is 17.9 Å². The molecule has 1 aromatic rings. The highest BCUT2D eigenvalue weighted by molar-refractivity contribution is 8.93. The van der Waals surface area contributed by atoms with E-state index >= 15 is 0 Å². The van der Waals surface area contributed by atoms with E-state index in [4.69, 9.17) is 5.11 Å². The Morgan fingerprint density at radius 3 is 2.38 bits per heavy atom. The smallest absolute Gasteiger partial charge is 0.328 e. The number of carbonyl (C=O) groups is 1. The molecule has 0 saturated heterocycles. The zero-order chi connectivity index (χ0) is 11.1. The van der Waals surface area contributed by atoms with E-state index in [0.29, 0.717) is 0 Å². The van der Waals surface area contributed by atoms with Crippen molar-refractivity contribution in [3.8, 4) is 0 Å². The lowest BCUT2D eigenvalue weighted by Crippen LogP contribution is -2.09. The molecular weight excluding hydrogens is 287 g/mol. The maximum atomic E-state index is 11.1. The van der Waals surface area contributed by atoms with Crippen LogP contribution in [-0.4, -0.2) is 17.0 Å². The van der Waals surface area contributed by atoms with Gasteiger partial charge in [0.1, 0.15) is 0 Å². The van der Waals surface area contributed by atoms with Crippen LogP contribution in [0, 0.1) is 0 Å². The molecule has 0 fully saturated rings. The van der Waals surface area contributed by atoms with E-state index in [1.165, 1.54) is 0 Å². The Kier molecular flexibility index (Phi) is 8.50. The zero-order valence-electron chi connectivity index (χ0n) is 9.43. The van der Waals surface area contributed by atoms with Crippen molar-refractivity contribution in [1.82, 2.24) is 0 Å². The molecule has 0 amide bonds. The number of rotatable bonds is 6. The lowest BCUT2D eigenvalue weighted by molar-refractivity contribution is 0.221. The Bertz CT molecular complexity index is 303. The topological polar surface area (TPSA) is 37.3 Å². The third-order valence-corrected chi connectivity index (χ3v) is 4.43. The molecule has 1 aromatic carbocycles. The third-order valence-electron chi connectivity index (χ3n) is 2.28. The number of benzene rings is 1. The van der Waals surface area contributed by atoms with Crippen LogP contribution in [0.3, 0.4) is 0 Å². The number of hydrogen-bond acceptors (Lipinski definition) is 1. The van der Waals surface area contributed by atoms with E-state index < -0.39 is 13.6 Å².